The number of thioether (sulfide) groups is 1. The first-order valence-electron chi connectivity index (χ1n) is 11.5. The number of nitrogens with one attached hydrogen (secondary N) is 2. The molecule has 3 aromatic rings. The van der Waals surface area contributed by atoms with Gasteiger partial charge in [0.1, 0.15) is 28.6 Å². The van der Waals surface area contributed by atoms with E-state index in [1.165, 1.54) is 22.7 Å². The third-order valence-corrected chi connectivity index (χ3v) is 8.09. The second-order valence-corrected chi connectivity index (χ2v) is 11.1. The maximum Gasteiger partial charge on any atom is 1.00 e. The zero-order chi connectivity index (χ0) is 26.5. The molecule has 0 spiro atoms. The van der Waals surface area contributed by atoms with Gasteiger partial charge in [0.15, 0.2) is 0 Å². The van der Waals surface area contributed by atoms with Gasteiger partial charge in [0, 0.05) is 10.1 Å². The monoisotopic (exact) mass is 543 g/mol. The minimum Gasteiger partial charge on any atom is -0.548 e. The van der Waals surface area contributed by atoms with Crippen LogP contribution in [0.25, 0.3) is 11.0 Å². The molecule has 0 saturated carbocycles. The predicted molar refractivity (Wildman–Crippen MR) is 132 cm³/mol. The van der Waals surface area contributed by atoms with Crippen molar-refractivity contribution >= 4 is 46.4 Å². The average Bonchev–Trinajstić information content (AvgIpc) is 3.13. The van der Waals surface area contributed by atoms with E-state index in [1.807, 2.05) is 0 Å². The van der Waals surface area contributed by atoms with E-state index in [-0.39, 0.29) is 35.1 Å². The zero-order valence-corrected chi connectivity index (χ0v) is 23.6. The summed E-state index contributed by atoms with van der Waals surface area (Å²) in [6, 6.07) is 13.1. The number of hydrogen-bond donors (Lipinski definition) is 2. The van der Waals surface area contributed by atoms with Gasteiger partial charge >= 0.3 is 35.2 Å². The van der Waals surface area contributed by atoms with E-state index >= 15 is 0 Å². The van der Waals surface area contributed by atoms with Crippen LogP contribution in [0.4, 0.5) is 0 Å². The number of carbonyl (C=O) groups excluding carboxylic acids is 4. The molecule has 190 valence electrons. The van der Waals surface area contributed by atoms with Gasteiger partial charge in [-0.2, -0.15) is 0 Å². The van der Waals surface area contributed by atoms with Crippen molar-refractivity contribution in [2.24, 2.45) is 0 Å². The van der Waals surface area contributed by atoms with Crippen LogP contribution in [0.1, 0.15) is 35.8 Å². The molecule has 0 bridgehead atoms. The predicted octanol–water partition coefficient (Wildman–Crippen LogP) is -2.43. The molecule has 10 nitrogen and oxygen atoms in total. The number of hydrogen-bond acceptors (Lipinski definition) is 8. The Kier molecular flexibility index (Phi) is 7.76. The first kappa shape index (κ1) is 27.9. The number of carbonyl (C=O) groups is 4. The van der Waals surface area contributed by atoms with E-state index in [2.05, 4.69) is 10.6 Å². The van der Waals surface area contributed by atoms with Gasteiger partial charge in [-0.1, -0.05) is 48.5 Å². The Bertz CT molecular complexity index is 1490. The molecule has 3 amide bonds. The number of aliphatic carboxylic acids is 1. The van der Waals surface area contributed by atoms with Gasteiger partial charge in [-0.3, -0.25) is 14.4 Å². The SMILES string of the molecule is CC1(C)S[C@@H]2[C@H](NC(=O)[C@H](NC(=O)c3cc4ccccc4oc3=O)c3ccccc3)C(=O)N2[C@H]1C(=O)[O-].[Na+]. The summed E-state index contributed by atoms with van der Waals surface area (Å²) in [6.07, 6.45) is 0. The Balaban J connectivity index is 0.00000336. The number of β-lactam (4-membered cyclic amide) rings is 1. The molecular weight excluding hydrogens is 521 g/mol. The second kappa shape index (κ2) is 10.6. The molecule has 2 fully saturated rings. The first-order chi connectivity index (χ1) is 17.6. The molecule has 5 rings (SSSR count). The van der Waals surface area contributed by atoms with Crippen LogP contribution in [0.5, 0.6) is 0 Å². The van der Waals surface area contributed by atoms with Crippen LogP contribution in [0.3, 0.4) is 0 Å². The summed E-state index contributed by atoms with van der Waals surface area (Å²) in [5, 5.41) is 16.8. The van der Waals surface area contributed by atoms with E-state index in [4.69, 9.17) is 4.42 Å². The molecule has 4 atom stereocenters. The molecule has 0 radical (unpaired) electrons. The number of benzene rings is 2. The van der Waals surface area contributed by atoms with Crippen molar-refractivity contribution in [2.45, 2.75) is 42.1 Å². The Morgan fingerprint density at radius 3 is 2.39 bits per heavy atom. The Morgan fingerprint density at radius 2 is 1.71 bits per heavy atom. The summed E-state index contributed by atoms with van der Waals surface area (Å²) in [5.41, 5.74) is -0.384. The normalized spacial score (nSPS) is 22.0. The third kappa shape index (κ3) is 4.86. The van der Waals surface area contributed by atoms with Crippen molar-refractivity contribution < 1.29 is 58.3 Å². The molecule has 2 aromatic carbocycles. The number of fused-ring (bicyclic) bond motifs is 2. The van der Waals surface area contributed by atoms with Crippen LogP contribution < -0.4 is 50.9 Å². The molecule has 12 heteroatoms. The quantitative estimate of drug-likeness (QED) is 0.198. The van der Waals surface area contributed by atoms with Crippen molar-refractivity contribution in [1.82, 2.24) is 15.5 Å². The molecule has 3 heterocycles. The third-order valence-electron chi connectivity index (χ3n) is 6.52. The van der Waals surface area contributed by atoms with Crippen molar-refractivity contribution in [3.63, 3.8) is 0 Å². The number of amides is 3. The molecule has 1 aromatic heterocycles. The largest absolute Gasteiger partial charge is 1.00 e. The average molecular weight is 544 g/mol. The molecule has 0 unspecified atom stereocenters. The summed E-state index contributed by atoms with van der Waals surface area (Å²) in [5.74, 6) is -3.41. The van der Waals surface area contributed by atoms with Crippen LogP contribution in [0.2, 0.25) is 0 Å². The number of nitrogens with zero attached hydrogens (tertiary/aromatic N) is 1. The summed E-state index contributed by atoms with van der Waals surface area (Å²) >= 11 is 1.26. The molecule has 2 N–H and O–H groups in total. The van der Waals surface area contributed by atoms with Crippen LogP contribution >= 0.6 is 11.8 Å². The maximum atomic E-state index is 13.4. The van der Waals surface area contributed by atoms with Gasteiger partial charge in [-0.25, -0.2) is 4.79 Å². The minimum atomic E-state index is -1.36. The summed E-state index contributed by atoms with van der Waals surface area (Å²) in [4.78, 5) is 64.7. The maximum absolute atomic E-state index is 13.4. The smallest absolute Gasteiger partial charge is 0.548 e. The van der Waals surface area contributed by atoms with Gasteiger partial charge in [0.05, 0.1) is 12.0 Å². The summed E-state index contributed by atoms with van der Waals surface area (Å²) in [6.45, 7) is 3.40. The van der Waals surface area contributed by atoms with Crippen molar-refractivity contribution in [2.75, 3.05) is 0 Å². The standard InChI is InChI=1S/C26H23N3O7S.Na/c1-26(2)19(24(33)34)29-22(32)18(23(29)37-26)28-21(31)17(13-8-4-3-5-9-13)27-20(30)15-12-14-10-6-7-11-16(14)36-25(15)35;/h3-12,17-19,23H,1-2H3,(H,27,30)(H,28,31)(H,33,34);/q;+1/p-1/t17-,18-,19+,23-;/m1./s1. The van der Waals surface area contributed by atoms with E-state index in [0.717, 1.165) is 0 Å². The fourth-order valence-electron chi connectivity index (χ4n) is 4.74. The molecule has 2 aliphatic heterocycles. The van der Waals surface area contributed by atoms with Crippen LogP contribution in [0, 0.1) is 0 Å². The molecular formula is C26H22N3NaO7S. The Hall–Kier alpha value is -3.12. The Labute approximate surface area is 243 Å². The minimum absolute atomic E-state index is 0. The van der Waals surface area contributed by atoms with Gasteiger partial charge in [-0.05, 0) is 31.5 Å². The zero-order valence-electron chi connectivity index (χ0n) is 20.8. The van der Waals surface area contributed by atoms with Crippen LogP contribution in [-0.4, -0.2) is 50.8 Å². The van der Waals surface area contributed by atoms with Gasteiger partial charge < -0.3 is 29.9 Å². The van der Waals surface area contributed by atoms with Gasteiger partial charge in [0.2, 0.25) is 11.8 Å². The second-order valence-electron chi connectivity index (χ2n) is 9.37. The summed E-state index contributed by atoms with van der Waals surface area (Å²) in [7, 11) is 0. The van der Waals surface area contributed by atoms with Crippen LogP contribution in [0.15, 0.2) is 69.9 Å². The number of para-hydroxylation sites is 1. The molecule has 2 aliphatic rings. The fraction of sp³-hybridized carbons (Fsp3) is 0.269. The van der Waals surface area contributed by atoms with Crippen molar-refractivity contribution in [3.05, 3.63) is 82.2 Å². The first-order valence-corrected chi connectivity index (χ1v) is 12.4. The van der Waals surface area contributed by atoms with Gasteiger partial charge in [0.25, 0.3) is 5.91 Å². The van der Waals surface area contributed by atoms with E-state index < -0.39 is 57.6 Å². The number of rotatable bonds is 6. The molecule has 2 saturated heterocycles. The molecule has 0 aliphatic carbocycles. The topological polar surface area (TPSA) is 149 Å². The Morgan fingerprint density at radius 1 is 1.05 bits per heavy atom. The summed E-state index contributed by atoms with van der Waals surface area (Å²) < 4.78 is 4.43. The molecule has 38 heavy (non-hydrogen) atoms. The number of carboxylic acids is 1. The van der Waals surface area contributed by atoms with Crippen LogP contribution in [-0.2, 0) is 14.4 Å². The van der Waals surface area contributed by atoms with E-state index in [1.54, 1.807) is 68.4 Å². The van der Waals surface area contributed by atoms with Gasteiger partial charge in [-0.15, -0.1) is 11.8 Å². The van der Waals surface area contributed by atoms with Crippen molar-refractivity contribution in [1.29, 1.82) is 0 Å². The fourth-order valence-corrected chi connectivity index (χ4v) is 6.36. The van der Waals surface area contributed by atoms with Crippen molar-refractivity contribution in [3.8, 4) is 0 Å². The van der Waals surface area contributed by atoms with E-state index in [9.17, 15) is 29.1 Å². The number of carboxylic acid groups (broad SMARTS) is 1. The van der Waals surface area contributed by atoms with E-state index in [0.29, 0.717) is 16.5 Å².